The summed E-state index contributed by atoms with van der Waals surface area (Å²) in [6, 6.07) is 0.895. The van der Waals surface area contributed by atoms with Gasteiger partial charge in [0.15, 0.2) is 5.69 Å². The SMILES string of the molecule is COc1nnc(C(F)(F)F)cc1C. The van der Waals surface area contributed by atoms with Gasteiger partial charge in [0, 0.05) is 5.56 Å². The van der Waals surface area contributed by atoms with Gasteiger partial charge < -0.3 is 4.74 Å². The molecule has 72 valence electrons. The van der Waals surface area contributed by atoms with Gasteiger partial charge >= 0.3 is 6.18 Å². The summed E-state index contributed by atoms with van der Waals surface area (Å²) in [5.41, 5.74) is -0.698. The Kier molecular flexibility index (Phi) is 2.40. The van der Waals surface area contributed by atoms with Crippen LogP contribution < -0.4 is 4.74 Å². The molecule has 1 heterocycles. The van der Waals surface area contributed by atoms with E-state index in [0.29, 0.717) is 5.56 Å². The van der Waals surface area contributed by atoms with Crippen LogP contribution in [0.25, 0.3) is 0 Å². The molecule has 0 unspecified atom stereocenters. The largest absolute Gasteiger partial charge is 0.480 e. The van der Waals surface area contributed by atoms with Crippen molar-refractivity contribution < 1.29 is 17.9 Å². The van der Waals surface area contributed by atoms with E-state index in [1.54, 1.807) is 0 Å². The number of aromatic nitrogens is 2. The van der Waals surface area contributed by atoms with Gasteiger partial charge in [-0.25, -0.2) is 0 Å². The van der Waals surface area contributed by atoms with Crippen molar-refractivity contribution in [3.63, 3.8) is 0 Å². The highest BCUT2D eigenvalue weighted by molar-refractivity contribution is 5.25. The molecular weight excluding hydrogens is 185 g/mol. The molecule has 0 fully saturated rings. The molecule has 6 heteroatoms. The maximum absolute atomic E-state index is 12.1. The van der Waals surface area contributed by atoms with E-state index in [9.17, 15) is 13.2 Å². The maximum atomic E-state index is 12.1. The van der Waals surface area contributed by atoms with E-state index < -0.39 is 11.9 Å². The Morgan fingerprint density at radius 1 is 1.31 bits per heavy atom. The number of hydrogen-bond donors (Lipinski definition) is 0. The molecule has 0 saturated carbocycles. The zero-order chi connectivity index (χ0) is 10.1. The number of rotatable bonds is 1. The van der Waals surface area contributed by atoms with Crippen molar-refractivity contribution in [1.82, 2.24) is 10.2 Å². The fourth-order valence-corrected chi connectivity index (χ4v) is 0.814. The van der Waals surface area contributed by atoms with Crippen LogP contribution in [0.15, 0.2) is 6.07 Å². The van der Waals surface area contributed by atoms with Gasteiger partial charge in [-0.05, 0) is 13.0 Å². The highest BCUT2D eigenvalue weighted by Crippen LogP contribution is 2.28. The second kappa shape index (κ2) is 3.20. The van der Waals surface area contributed by atoms with E-state index in [1.165, 1.54) is 14.0 Å². The highest BCUT2D eigenvalue weighted by atomic mass is 19.4. The summed E-state index contributed by atoms with van der Waals surface area (Å²) < 4.78 is 40.9. The van der Waals surface area contributed by atoms with Crippen molar-refractivity contribution in [3.8, 4) is 5.88 Å². The van der Waals surface area contributed by atoms with Crippen molar-refractivity contribution in [3.05, 3.63) is 17.3 Å². The Morgan fingerprint density at radius 3 is 2.31 bits per heavy atom. The summed E-state index contributed by atoms with van der Waals surface area (Å²) in [7, 11) is 1.32. The summed E-state index contributed by atoms with van der Waals surface area (Å²) in [5.74, 6) is 0.105. The molecule has 1 aromatic heterocycles. The number of halogens is 3. The molecule has 3 nitrogen and oxygen atoms in total. The maximum Gasteiger partial charge on any atom is 0.435 e. The summed E-state index contributed by atoms with van der Waals surface area (Å²) in [5, 5.41) is 6.25. The van der Waals surface area contributed by atoms with E-state index in [4.69, 9.17) is 0 Å². The first-order valence-corrected chi connectivity index (χ1v) is 3.40. The predicted molar refractivity (Wildman–Crippen MR) is 38.3 cm³/mol. The van der Waals surface area contributed by atoms with Crippen LogP contribution in [0.5, 0.6) is 5.88 Å². The summed E-state index contributed by atoms with van der Waals surface area (Å²) in [4.78, 5) is 0. The molecule has 1 aromatic rings. The van der Waals surface area contributed by atoms with E-state index in [1.807, 2.05) is 0 Å². The highest BCUT2D eigenvalue weighted by Gasteiger charge is 2.33. The first-order valence-electron chi connectivity index (χ1n) is 3.40. The molecule has 13 heavy (non-hydrogen) atoms. The summed E-state index contributed by atoms with van der Waals surface area (Å²) >= 11 is 0. The summed E-state index contributed by atoms with van der Waals surface area (Å²) in [6.07, 6.45) is -4.45. The van der Waals surface area contributed by atoms with Gasteiger partial charge in [0.05, 0.1) is 7.11 Å². The first-order chi connectivity index (χ1) is 5.95. The molecule has 0 N–H and O–H groups in total. The van der Waals surface area contributed by atoms with Crippen LogP contribution in [0.2, 0.25) is 0 Å². The Balaban J connectivity index is 3.10. The molecule has 0 aliphatic carbocycles. The first kappa shape index (κ1) is 9.76. The Hall–Kier alpha value is -1.33. The number of hydrogen-bond acceptors (Lipinski definition) is 3. The average Bonchev–Trinajstić information content (AvgIpc) is 2.02. The van der Waals surface area contributed by atoms with Gasteiger partial charge in [0.2, 0.25) is 5.88 Å². The smallest absolute Gasteiger partial charge is 0.435 e. The third-order valence-electron chi connectivity index (χ3n) is 1.42. The van der Waals surface area contributed by atoms with Crippen molar-refractivity contribution >= 4 is 0 Å². The quantitative estimate of drug-likeness (QED) is 0.680. The van der Waals surface area contributed by atoms with Gasteiger partial charge in [-0.1, -0.05) is 0 Å². The second-order valence-electron chi connectivity index (χ2n) is 2.42. The zero-order valence-corrected chi connectivity index (χ0v) is 7.01. The Bertz CT molecular complexity index is 311. The molecule has 0 aliphatic heterocycles. The number of aryl methyl sites for hydroxylation is 1. The minimum Gasteiger partial charge on any atom is -0.480 e. The van der Waals surface area contributed by atoms with Gasteiger partial charge in [0.1, 0.15) is 0 Å². The Morgan fingerprint density at radius 2 is 1.92 bits per heavy atom. The van der Waals surface area contributed by atoms with Crippen molar-refractivity contribution in [2.75, 3.05) is 7.11 Å². The lowest BCUT2D eigenvalue weighted by atomic mass is 10.3. The average molecular weight is 192 g/mol. The molecular formula is C7H7F3N2O. The topological polar surface area (TPSA) is 35.0 Å². The van der Waals surface area contributed by atoms with Crippen LogP contribution >= 0.6 is 0 Å². The van der Waals surface area contributed by atoms with E-state index in [0.717, 1.165) is 6.07 Å². The lowest BCUT2D eigenvalue weighted by Crippen LogP contribution is -2.10. The molecule has 0 aliphatic rings. The third-order valence-corrected chi connectivity index (χ3v) is 1.42. The molecule has 0 amide bonds. The monoisotopic (exact) mass is 192 g/mol. The van der Waals surface area contributed by atoms with Crippen LogP contribution in [0.1, 0.15) is 11.3 Å². The zero-order valence-electron chi connectivity index (χ0n) is 7.01. The number of ether oxygens (including phenoxy) is 1. The predicted octanol–water partition coefficient (Wildman–Crippen LogP) is 1.81. The fourth-order valence-electron chi connectivity index (χ4n) is 0.814. The van der Waals surface area contributed by atoms with Crippen molar-refractivity contribution in [2.45, 2.75) is 13.1 Å². The molecule has 0 radical (unpaired) electrons. The van der Waals surface area contributed by atoms with Crippen LogP contribution in [0, 0.1) is 6.92 Å². The van der Waals surface area contributed by atoms with Crippen LogP contribution in [-0.4, -0.2) is 17.3 Å². The lowest BCUT2D eigenvalue weighted by Gasteiger charge is -2.06. The van der Waals surface area contributed by atoms with Crippen LogP contribution in [0.4, 0.5) is 13.2 Å². The van der Waals surface area contributed by atoms with Crippen LogP contribution in [-0.2, 0) is 6.18 Å². The van der Waals surface area contributed by atoms with E-state index >= 15 is 0 Å². The van der Waals surface area contributed by atoms with Crippen molar-refractivity contribution in [2.24, 2.45) is 0 Å². The lowest BCUT2D eigenvalue weighted by molar-refractivity contribution is -0.141. The second-order valence-corrected chi connectivity index (χ2v) is 2.42. The summed E-state index contributed by atoms with van der Waals surface area (Å²) in [6.45, 7) is 1.47. The number of nitrogens with zero attached hydrogens (tertiary/aromatic N) is 2. The van der Waals surface area contributed by atoms with E-state index in [2.05, 4.69) is 14.9 Å². The van der Waals surface area contributed by atoms with Crippen LogP contribution in [0.3, 0.4) is 0 Å². The van der Waals surface area contributed by atoms with Crippen molar-refractivity contribution in [1.29, 1.82) is 0 Å². The fraction of sp³-hybridized carbons (Fsp3) is 0.429. The minimum atomic E-state index is -4.45. The van der Waals surface area contributed by atoms with Gasteiger partial charge in [-0.2, -0.15) is 13.2 Å². The molecule has 1 rings (SSSR count). The standard InChI is InChI=1S/C7H7F3N2O/c1-4-3-5(7(8,9)10)11-12-6(4)13-2/h3H,1-2H3. The molecule has 0 spiro atoms. The molecule has 0 atom stereocenters. The molecule has 0 bridgehead atoms. The molecule has 0 saturated heterocycles. The van der Waals surface area contributed by atoms with Gasteiger partial charge in [-0.3, -0.25) is 0 Å². The number of alkyl halides is 3. The van der Waals surface area contributed by atoms with E-state index in [-0.39, 0.29) is 5.88 Å². The number of methoxy groups -OCH3 is 1. The third kappa shape index (κ3) is 2.07. The molecule has 0 aromatic carbocycles. The minimum absolute atomic E-state index is 0.105. The normalized spacial score (nSPS) is 11.5. The van der Waals surface area contributed by atoms with Gasteiger partial charge in [0.25, 0.3) is 0 Å². The van der Waals surface area contributed by atoms with Gasteiger partial charge in [-0.15, -0.1) is 10.2 Å². The Labute approximate surface area is 72.5 Å².